The van der Waals surface area contributed by atoms with Crippen LogP contribution in [0.25, 0.3) is 10.2 Å². The van der Waals surface area contributed by atoms with Gasteiger partial charge in [-0.25, -0.2) is 9.78 Å². The smallest absolute Gasteiger partial charge is 0.318 e. The average Bonchev–Trinajstić information content (AvgIpc) is 2.91. The number of nitrogens with two attached hydrogens (primary N) is 1. The van der Waals surface area contributed by atoms with Gasteiger partial charge in [-0.15, -0.1) is 11.3 Å². The van der Waals surface area contributed by atoms with Crippen LogP contribution in [-0.2, 0) is 24.2 Å². The standard InChI is InChI=1S/C12H12N4O3S/c13-12(19)15-8(17)4-16-5-14-10-9(11(16)18)6-2-1-3-7(6)20-10/h5H,1-4H2,(H3,13,15,17,19). The van der Waals surface area contributed by atoms with Gasteiger partial charge in [0, 0.05) is 4.88 Å². The summed E-state index contributed by atoms with van der Waals surface area (Å²) in [6, 6.07) is -0.937. The molecule has 3 amide bonds. The number of thiophene rings is 1. The monoisotopic (exact) mass is 292 g/mol. The molecule has 3 N–H and O–H groups in total. The highest BCUT2D eigenvalue weighted by Gasteiger charge is 2.21. The van der Waals surface area contributed by atoms with Crippen molar-refractivity contribution in [1.29, 1.82) is 0 Å². The molecule has 0 bridgehead atoms. The Labute approximate surface area is 117 Å². The summed E-state index contributed by atoms with van der Waals surface area (Å²) in [7, 11) is 0. The topological polar surface area (TPSA) is 107 Å². The summed E-state index contributed by atoms with van der Waals surface area (Å²) in [5.74, 6) is -0.632. The first-order valence-corrected chi connectivity index (χ1v) is 6.97. The molecule has 0 aliphatic heterocycles. The Hall–Kier alpha value is -2.22. The van der Waals surface area contributed by atoms with Gasteiger partial charge in [-0.1, -0.05) is 0 Å². The number of hydrogen-bond acceptors (Lipinski definition) is 5. The summed E-state index contributed by atoms with van der Waals surface area (Å²) < 4.78 is 1.20. The zero-order valence-electron chi connectivity index (χ0n) is 10.5. The van der Waals surface area contributed by atoms with E-state index in [0.717, 1.165) is 24.8 Å². The van der Waals surface area contributed by atoms with E-state index in [2.05, 4.69) is 4.98 Å². The maximum absolute atomic E-state index is 12.4. The van der Waals surface area contributed by atoms with Crippen molar-refractivity contribution in [1.82, 2.24) is 14.9 Å². The Morgan fingerprint density at radius 3 is 3.00 bits per heavy atom. The molecule has 0 unspecified atom stereocenters. The van der Waals surface area contributed by atoms with Crippen molar-refractivity contribution >= 4 is 33.5 Å². The number of carbonyl (C=O) groups excluding carboxylic acids is 2. The number of imide groups is 1. The number of amides is 3. The number of aromatic nitrogens is 2. The number of primary amides is 1. The van der Waals surface area contributed by atoms with E-state index in [-0.39, 0.29) is 12.1 Å². The Morgan fingerprint density at radius 1 is 1.45 bits per heavy atom. The third kappa shape index (κ3) is 2.07. The Morgan fingerprint density at radius 2 is 2.25 bits per heavy atom. The van der Waals surface area contributed by atoms with Crippen LogP contribution in [0.15, 0.2) is 11.1 Å². The van der Waals surface area contributed by atoms with Crippen LogP contribution in [0.2, 0.25) is 0 Å². The van der Waals surface area contributed by atoms with Gasteiger partial charge >= 0.3 is 6.03 Å². The molecule has 0 saturated heterocycles. The average molecular weight is 292 g/mol. The van der Waals surface area contributed by atoms with Gasteiger partial charge in [0.15, 0.2) is 0 Å². The lowest BCUT2D eigenvalue weighted by atomic mass is 10.2. The van der Waals surface area contributed by atoms with E-state index in [9.17, 15) is 14.4 Å². The Bertz CT molecular complexity index is 777. The van der Waals surface area contributed by atoms with Gasteiger partial charge in [-0.05, 0) is 24.8 Å². The van der Waals surface area contributed by atoms with Crippen LogP contribution >= 0.6 is 11.3 Å². The van der Waals surface area contributed by atoms with E-state index < -0.39 is 11.9 Å². The van der Waals surface area contributed by atoms with Crippen LogP contribution in [0, 0.1) is 0 Å². The lowest BCUT2D eigenvalue weighted by Crippen LogP contribution is -2.39. The van der Waals surface area contributed by atoms with Crippen molar-refractivity contribution in [2.75, 3.05) is 0 Å². The first-order valence-electron chi connectivity index (χ1n) is 6.15. The van der Waals surface area contributed by atoms with E-state index in [4.69, 9.17) is 5.73 Å². The van der Waals surface area contributed by atoms with Crippen molar-refractivity contribution in [2.24, 2.45) is 5.73 Å². The maximum Gasteiger partial charge on any atom is 0.318 e. The molecule has 3 rings (SSSR count). The van der Waals surface area contributed by atoms with E-state index in [1.807, 2.05) is 5.32 Å². The van der Waals surface area contributed by atoms with Gasteiger partial charge in [0.2, 0.25) is 5.91 Å². The summed E-state index contributed by atoms with van der Waals surface area (Å²) in [6.07, 6.45) is 4.24. The number of rotatable bonds is 2. The molecule has 2 aromatic heterocycles. The quantitative estimate of drug-likeness (QED) is 0.821. The highest BCUT2D eigenvalue weighted by molar-refractivity contribution is 7.18. The fourth-order valence-electron chi connectivity index (χ4n) is 2.46. The predicted octanol–water partition coefficient (Wildman–Crippen LogP) is 0.142. The molecule has 0 aromatic carbocycles. The highest BCUT2D eigenvalue weighted by atomic mass is 32.1. The first-order chi connectivity index (χ1) is 9.56. The summed E-state index contributed by atoms with van der Waals surface area (Å²) in [6.45, 7) is -0.269. The van der Waals surface area contributed by atoms with Crippen LogP contribution in [0.3, 0.4) is 0 Å². The minimum atomic E-state index is -0.937. The number of hydrogen-bond donors (Lipinski definition) is 2. The molecule has 104 valence electrons. The van der Waals surface area contributed by atoms with Gasteiger partial charge in [0.05, 0.1) is 11.7 Å². The van der Waals surface area contributed by atoms with E-state index in [0.29, 0.717) is 10.2 Å². The van der Waals surface area contributed by atoms with Gasteiger partial charge in [-0.3, -0.25) is 19.5 Å². The zero-order valence-corrected chi connectivity index (χ0v) is 11.3. The van der Waals surface area contributed by atoms with Crippen molar-refractivity contribution in [3.05, 3.63) is 27.1 Å². The summed E-state index contributed by atoms with van der Waals surface area (Å²) in [5, 5.41) is 2.54. The minimum absolute atomic E-state index is 0.242. The molecule has 0 fully saturated rings. The molecule has 0 radical (unpaired) electrons. The number of nitrogens with zero attached hydrogens (tertiary/aromatic N) is 2. The molecule has 0 spiro atoms. The SMILES string of the molecule is NC(=O)NC(=O)Cn1cnc2sc3c(c2c1=O)CCC3. The van der Waals surface area contributed by atoms with Crippen LogP contribution < -0.4 is 16.6 Å². The van der Waals surface area contributed by atoms with E-state index in [1.54, 1.807) is 0 Å². The van der Waals surface area contributed by atoms with Gasteiger partial charge in [-0.2, -0.15) is 0 Å². The largest absolute Gasteiger partial charge is 0.351 e. The molecule has 8 heteroatoms. The molecule has 7 nitrogen and oxygen atoms in total. The minimum Gasteiger partial charge on any atom is -0.351 e. The van der Waals surface area contributed by atoms with Gasteiger partial charge in [0.25, 0.3) is 5.56 Å². The number of aryl methyl sites for hydroxylation is 2. The second-order valence-electron chi connectivity index (χ2n) is 4.63. The highest BCUT2D eigenvalue weighted by Crippen LogP contribution is 2.34. The fourth-order valence-corrected chi connectivity index (χ4v) is 3.68. The van der Waals surface area contributed by atoms with E-state index in [1.165, 1.54) is 27.1 Å². The van der Waals surface area contributed by atoms with Crippen molar-refractivity contribution in [3.63, 3.8) is 0 Å². The number of fused-ring (bicyclic) bond motifs is 3. The predicted molar refractivity (Wildman–Crippen MR) is 73.6 cm³/mol. The van der Waals surface area contributed by atoms with E-state index >= 15 is 0 Å². The molecule has 20 heavy (non-hydrogen) atoms. The third-order valence-corrected chi connectivity index (χ3v) is 4.47. The number of carbonyl (C=O) groups is 2. The van der Waals surface area contributed by atoms with Crippen molar-refractivity contribution in [3.8, 4) is 0 Å². The molecule has 0 atom stereocenters. The molecular weight excluding hydrogens is 280 g/mol. The molecule has 2 heterocycles. The lowest BCUT2D eigenvalue weighted by molar-refractivity contribution is -0.120. The second-order valence-corrected chi connectivity index (χ2v) is 5.71. The molecule has 1 aliphatic carbocycles. The second kappa shape index (κ2) is 4.71. The molecule has 2 aromatic rings. The summed E-state index contributed by atoms with van der Waals surface area (Å²) >= 11 is 1.54. The molecule has 1 aliphatic rings. The maximum atomic E-state index is 12.4. The number of urea groups is 1. The normalized spacial score (nSPS) is 13.4. The number of nitrogens with one attached hydrogen (secondary N) is 1. The third-order valence-electron chi connectivity index (χ3n) is 3.27. The zero-order chi connectivity index (χ0) is 14.3. The van der Waals surface area contributed by atoms with Crippen LogP contribution in [0.5, 0.6) is 0 Å². The van der Waals surface area contributed by atoms with Crippen LogP contribution in [0.1, 0.15) is 16.9 Å². The Balaban J connectivity index is 2.01. The summed E-state index contributed by atoms with van der Waals surface area (Å²) in [5.41, 5.74) is 5.68. The fraction of sp³-hybridized carbons (Fsp3) is 0.333. The summed E-state index contributed by atoms with van der Waals surface area (Å²) in [4.78, 5) is 40.6. The molecule has 0 saturated carbocycles. The molecular formula is C12H12N4O3S. The van der Waals surface area contributed by atoms with Crippen molar-refractivity contribution < 1.29 is 9.59 Å². The first kappa shape index (κ1) is 12.8. The Kier molecular flexibility index (Phi) is 3.01. The van der Waals surface area contributed by atoms with Crippen LogP contribution in [0.4, 0.5) is 4.79 Å². The van der Waals surface area contributed by atoms with Crippen LogP contribution in [-0.4, -0.2) is 21.5 Å². The van der Waals surface area contributed by atoms with Gasteiger partial charge in [0.1, 0.15) is 11.4 Å². The van der Waals surface area contributed by atoms with Gasteiger partial charge < -0.3 is 5.73 Å². The van der Waals surface area contributed by atoms with Crippen molar-refractivity contribution in [2.45, 2.75) is 25.8 Å². The lowest BCUT2D eigenvalue weighted by Gasteiger charge is -2.05.